The largest absolute Gasteiger partial charge is 1.00 e. The summed E-state index contributed by atoms with van der Waals surface area (Å²) in [7, 11) is 9.39. The SMILES string of the molecule is C.COc1c(C)c(CCC[P+](c2ccccc2)(c2ccccc2)c2ccccc2)c(OC)c(OC)c1OC.COc1c(C)c(CCC[P+](c2ccccc2)(c2ccccc2)c2ccccc2)c(OC)c(OC)c1OC.I.O=NO[O-].[Na+]. The van der Waals surface area contributed by atoms with Crippen molar-refractivity contribution in [3.05, 3.63) is 209 Å². The average Bonchev–Trinajstić information content (AvgIpc) is 3.57. The Hall–Kier alpha value is -5.89. The van der Waals surface area contributed by atoms with E-state index in [0.717, 1.165) is 60.3 Å². The first-order valence-electron chi connectivity index (χ1n) is 25.6. The molecule has 0 saturated heterocycles. The van der Waals surface area contributed by atoms with Crippen LogP contribution in [-0.4, -0.2) is 69.2 Å². The van der Waals surface area contributed by atoms with Crippen molar-refractivity contribution in [3.8, 4) is 46.0 Å². The standard InChI is InChI=1S/2C32H36O4P.CH4.HI.HNO3.Na/c2*1-24-28(30(34-3)32(36-5)31(35-4)29(24)33-2)22-15-23-37(25-16-9-6-10-17-25,26-18-11-7-12-19-26)27-20-13-8-14-21-27;;;2-1-4-3;/h2*6-14,16-21H,15,22-23H2,1-5H3;1H4;1H;3H;/q2*+1;;;;+1/p-1. The number of ether oxygens (including phenoxy) is 8. The van der Waals surface area contributed by atoms with E-state index in [4.69, 9.17) is 48.1 Å². The normalized spacial score (nSPS) is 10.5. The van der Waals surface area contributed by atoms with E-state index in [1.165, 1.54) is 37.2 Å². The molecule has 8 aromatic rings. The molecule has 0 heterocycles. The predicted molar refractivity (Wildman–Crippen MR) is 340 cm³/mol. The molecule has 0 saturated carbocycles. The third kappa shape index (κ3) is 15.6. The Morgan fingerprint density at radius 3 is 0.716 bits per heavy atom. The number of nitrogens with zero attached hydrogens (tertiary/aromatic N) is 1. The molecule has 0 aliphatic rings. The molecule has 0 aromatic heterocycles. The Morgan fingerprint density at radius 1 is 0.358 bits per heavy atom. The molecule has 8 aromatic carbocycles. The molecule has 0 spiro atoms. The van der Waals surface area contributed by atoms with Gasteiger partial charge in [-0.15, -0.1) is 28.9 Å². The smallest absolute Gasteiger partial charge is 0.635 e. The first-order valence-corrected chi connectivity index (χ1v) is 29.5. The van der Waals surface area contributed by atoms with E-state index < -0.39 is 14.5 Å². The van der Waals surface area contributed by atoms with E-state index in [2.05, 4.69) is 201 Å². The van der Waals surface area contributed by atoms with Gasteiger partial charge in [-0.1, -0.05) is 117 Å². The van der Waals surface area contributed by atoms with Gasteiger partial charge in [-0.3, -0.25) is 0 Å². The summed E-state index contributed by atoms with van der Waals surface area (Å²) in [4.78, 5) is 10.8. The van der Waals surface area contributed by atoms with E-state index in [1.54, 1.807) is 56.9 Å². The monoisotopic (exact) mass is 1260 g/mol. The van der Waals surface area contributed by atoms with Crippen LogP contribution in [0.2, 0.25) is 0 Å². The Morgan fingerprint density at radius 2 is 0.543 bits per heavy atom. The Balaban J connectivity index is 0.000000385. The molecule has 0 bridgehead atoms. The zero-order chi connectivity index (χ0) is 55.9. The summed E-state index contributed by atoms with van der Waals surface area (Å²) >= 11 is 0. The maximum atomic E-state index is 8.39. The van der Waals surface area contributed by atoms with E-state index in [-0.39, 0.29) is 61.0 Å². The molecular formula is C65H77INNaO11P2+2. The number of hydrogen-bond acceptors (Lipinski definition) is 12. The molecule has 0 radical (unpaired) electrons. The van der Waals surface area contributed by atoms with Crippen molar-refractivity contribution in [1.82, 2.24) is 0 Å². The third-order valence-electron chi connectivity index (χ3n) is 14.1. The molecular weight excluding hydrogens is 1180 g/mol. The molecule has 0 fully saturated rings. The Bertz CT molecular complexity index is 2700. The minimum atomic E-state index is -1.91. The molecule has 0 amide bonds. The zero-order valence-electron chi connectivity index (χ0n) is 47.8. The molecule has 0 aliphatic heterocycles. The van der Waals surface area contributed by atoms with Crippen molar-refractivity contribution in [3.63, 3.8) is 0 Å². The average molecular weight is 1260 g/mol. The predicted octanol–water partition coefficient (Wildman–Crippen LogP) is 9.13. The van der Waals surface area contributed by atoms with E-state index in [9.17, 15) is 0 Å². The topological polar surface area (TPSA) is 136 Å². The fourth-order valence-electron chi connectivity index (χ4n) is 10.7. The molecule has 81 heavy (non-hydrogen) atoms. The zero-order valence-corrected chi connectivity index (χ0v) is 53.9. The third-order valence-corrected chi connectivity index (χ3v) is 23.1. The number of halogens is 1. The molecule has 0 N–H and O–H groups in total. The number of methoxy groups -OCH3 is 8. The van der Waals surface area contributed by atoms with Crippen LogP contribution in [-0.2, 0) is 17.8 Å². The van der Waals surface area contributed by atoms with Gasteiger partial charge in [0.15, 0.2) is 23.0 Å². The maximum Gasteiger partial charge on any atom is 1.00 e. The van der Waals surface area contributed by atoms with Gasteiger partial charge in [0.05, 0.1) is 69.2 Å². The maximum absolute atomic E-state index is 8.39. The van der Waals surface area contributed by atoms with Crippen LogP contribution in [0.1, 0.15) is 42.5 Å². The van der Waals surface area contributed by atoms with Crippen LogP contribution in [0, 0.1) is 18.8 Å². The summed E-state index contributed by atoms with van der Waals surface area (Å²) in [5.74, 6) is 5.04. The molecule has 0 aliphatic carbocycles. The second-order valence-electron chi connectivity index (χ2n) is 17.9. The van der Waals surface area contributed by atoms with Crippen LogP contribution in [0.3, 0.4) is 0 Å². The summed E-state index contributed by atoms with van der Waals surface area (Å²) in [5.41, 5.74) is 4.20. The van der Waals surface area contributed by atoms with Crippen LogP contribution in [0.25, 0.3) is 0 Å². The first kappa shape index (κ1) is 69.4. The molecule has 8 rings (SSSR count). The van der Waals surface area contributed by atoms with Crippen molar-refractivity contribution < 1.29 is 77.7 Å². The Labute approximate surface area is 520 Å². The van der Waals surface area contributed by atoms with Gasteiger partial charge < -0.3 is 48.1 Å². The summed E-state index contributed by atoms with van der Waals surface area (Å²) in [6.07, 6.45) is 5.60. The number of hydrogen-bond donors (Lipinski definition) is 0. The first-order chi connectivity index (χ1) is 38.1. The fraction of sp³-hybridized carbons (Fsp3) is 0.262. The Kier molecular flexibility index (Phi) is 30.1. The summed E-state index contributed by atoms with van der Waals surface area (Å²) in [6, 6.07) is 65.9. The van der Waals surface area contributed by atoms with Crippen LogP contribution < -0.4 is 105 Å². The van der Waals surface area contributed by atoms with Gasteiger partial charge in [0, 0.05) is 22.3 Å². The van der Waals surface area contributed by atoms with Gasteiger partial charge >= 0.3 is 29.6 Å². The van der Waals surface area contributed by atoms with Crippen molar-refractivity contribution >= 4 is 70.3 Å². The van der Waals surface area contributed by atoms with E-state index >= 15 is 0 Å². The van der Waals surface area contributed by atoms with E-state index in [1.807, 2.05) is 0 Å². The second kappa shape index (κ2) is 35.2. The van der Waals surface area contributed by atoms with Gasteiger partial charge in [-0.05, 0) is 112 Å². The van der Waals surface area contributed by atoms with Gasteiger partial charge in [-0.2, -0.15) is 0 Å². The van der Waals surface area contributed by atoms with Gasteiger partial charge in [0.1, 0.15) is 51.7 Å². The number of benzene rings is 8. The number of rotatable bonds is 23. The van der Waals surface area contributed by atoms with Crippen molar-refractivity contribution in [2.75, 3.05) is 69.2 Å². The van der Waals surface area contributed by atoms with Crippen molar-refractivity contribution in [2.45, 2.75) is 47.0 Å². The molecule has 16 heteroatoms. The van der Waals surface area contributed by atoms with Crippen molar-refractivity contribution in [2.24, 2.45) is 5.34 Å². The van der Waals surface area contributed by atoms with Crippen LogP contribution in [0.15, 0.2) is 187 Å². The summed E-state index contributed by atoms with van der Waals surface area (Å²) in [6.45, 7) is 4.12. The summed E-state index contributed by atoms with van der Waals surface area (Å²) in [5, 5.41) is 18.1. The van der Waals surface area contributed by atoms with Crippen LogP contribution in [0.4, 0.5) is 0 Å². The molecule has 424 valence electrons. The summed E-state index contributed by atoms with van der Waals surface area (Å²) < 4.78 is 46.0. The quantitative estimate of drug-likeness (QED) is 0.0152. The van der Waals surface area contributed by atoms with Gasteiger partial charge in [-0.25, -0.2) is 0 Å². The van der Waals surface area contributed by atoms with Gasteiger partial charge in [0.25, 0.3) is 0 Å². The fourth-order valence-corrected chi connectivity index (χ4v) is 19.3. The van der Waals surface area contributed by atoms with Gasteiger partial charge in [0.2, 0.25) is 23.0 Å². The minimum Gasteiger partial charge on any atom is -0.635 e. The molecule has 12 nitrogen and oxygen atoms in total. The molecule has 0 atom stereocenters. The van der Waals surface area contributed by atoms with E-state index in [0.29, 0.717) is 46.0 Å². The molecule has 0 unspecified atom stereocenters. The second-order valence-corrected chi connectivity index (χ2v) is 25.1. The van der Waals surface area contributed by atoms with Crippen molar-refractivity contribution in [1.29, 1.82) is 0 Å². The van der Waals surface area contributed by atoms with Crippen LogP contribution >= 0.6 is 38.5 Å². The minimum absolute atomic E-state index is 0. The van der Waals surface area contributed by atoms with Crippen LogP contribution in [0.5, 0.6) is 46.0 Å².